The number of anilines is 1. The second kappa shape index (κ2) is 12.6. The fourth-order valence-corrected chi connectivity index (χ4v) is 5.40. The summed E-state index contributed by atoms with van der Waals surface area (Å²) in [5.41, 5.74) is -2.19. The van der Waals surface area contributed by atoms with Crippen molar-refractivity contribution in [1.82, 2.24) is 4.98 Å². The molecule has 5 rings (SSSR count). The number of aryl methyl sites for hydroxylation is 1. The third-order valence-electron chi connectivity index (χ3n) is 7.44. The number of benzene rings is 2. The van der Waals surface area contributed by atoms with E-state index in [1.807, 2.05) is 0 Å². The number of hydrogen-bond acceptors (Lipinski definition) is 12. The van der Waals surface area contributed by atoms with Crippen molar-refractivity contribution in [3.8, 4) is 23.0 Å². The lowest BCUT2D eigenvalue weighted by atomic mass is 9.89. The third kappa shape index (κ3) is 6.07. The minimum absolute atomic E-state index is 0.0204. The molecule has 2 aromatic carbocycles. The van der Waals surface area contributed by atoms with E-state index in [4.69, 9.17) is 39.7 Å². The van der Waals surface area contributed by atoms with Crippen LogP contribution in [0.25, 0.3) is 11.0 Å². The molecule has 46 heavy (non-hydrogen) atoms. The van der Waals surface area contributed by atoms with Gasteiger partial charge in [-0.1, -0.05) is 11.6 Å². The normalized spacial score (nSPS) is 20.7. The van der Waals surface area contributed by atoms with Crippen LogP contribution in [0.2, 0.25) is 5.02 Å². The van der Waals surface area contributed by atoms with Crippen LogP contribution in [0.3, 0.4) is 0 Å². The molecule has 1 fully saturated rings. The highest BCUT2D eigenvalue weighted by Crippen LogP contribution is 2.41. The molecule has 3 heterocycles. The number of phenols is 1. The number of phenolic OH excluding ortho intramolecular Hbond substituents is 1. The van der Waals surface area contributed by atoms with E-state index in [-0.39, 0.29) is 44.5 Å². The molecule has 0 bridgehead atoms. The van der Waals surface area contributed by atoms with Crippen molar-refractivity contribution in [3.05, 3.63) is 74.9 Å². The smallest absolute Gasteiger partial charge is 0.364 e. The van der Waals surface area contributed by atoms with Gasteiger partial charge in [0, 0.05) is 18.4 Å². The first-order valence-electron chi connectivity index (χ1n) is 13.8. The largest absolute Gasteiger partial charge is 0.505 e. The molecule has 1 amide bonds. The Balaban J connectivity index is 1.42. The highest BCUT2D eigenvalue weighted by atomic mass is 35.5. The Hall–Kier alpha value is -4.76. The molecule has 2 aromatic heterocycles. The van der Waals surface area contributed by atoms with Gasteiger partial charge in [0.05, 0.1) is 18.1 Å². The number of nitrogens with one attached hydrogen (secondary N) is 2. The van der Waals surface area contributed by atoms with Gasteiger partial charge in [-0.2, -0.15) is 0 Å². The molecular formula is C31H31ClN2O12. The van der Waals surface area contributed by atoms with Crippen LogP contribution in [0.5, 0.6) is 23.0 Å². The first-order valence-corrected chi connectivity index (χ1v) is 14.2. The lowest BCUT2D eigenvalue weighted by Gasteiger charge is -2.47. The van der Waals surface area contributed by atoms with E-state index in [1.54, 1.807) is 32.9 Å². The number of H-pyrrole nitrogens is 1. The van der Waals surface area contributed by atoms with Crippen molar-refractivity contribution in [2.45, 2.75) is 51.0 Å². The van der Waals surface area contributed by atoms with Gasteiger partial charge < -0.3 is 53.7 Å². The molecule has 0 radical (unpaired) electrons. The standard InChI is InChI=1S/C31H31ClN2O12/c1-13-6-9-16(33-13)28(39)45-25-23(37)30(46-31(2,3)26(25)42-5)43-18-11-8-15-22(36)21(29(40)44-24(15)20(18)32)34-27(38)14-7-10-17(35)19(12-14)41-4/h6-12,23,25-26,30,33,35-37H,1-5H3,(H,34,38)/t23-,25+,26-,30-/m1/s1. The summed E-state index contributed by atoms with van der Waals surface area (Å²) in [6.07, 6.45) is -5.15. The number of fused-ring (bicyclic) bond motifs is 1. The van der Waals surface area contributed by atoms with Gasteiger partial charge in [-0.05, 0) is 63.2 Å². The molecule has 244 valence electrons. The molecule has 0 spiro atoms. The monoisotopic (exact) mass is 658 g/mol. The predicted octanol–water partition coefficient (Wildman–Crippen LogP) is 3.87. The number of carbonyl (C=O) groups excluding carboxylic acids is 2. The number of amides is 1. The summed E-state index contributed by atoms with van der Waals surface area (Å²) in [6, 6.07) is 9.65. The molecule has 0 aliphatic carbocycles. The highest BCUT2D eigenvalue weighted by molar-refractivity contribution is 6.36. The van der Waals surface area contributed by atoms with Crippen LogP contribution in [0, 0.1) is 6.92 Å². The summed E-state index contributed by atoms with van der Waals surface area (Å²) in [5.74, 6) is -2.45. The number of aromatic nitrogens is 1. The van der Waals surface area contributed by atoms with Crippen LogP contribution in [0.1, 0.15) is 40.4 Å². The number of methoxy groups -OCH3 is 2. The zero-order chi connectivity index (χ0) is 33.5. The van der Waals surface area contributed by atoms with Gasteiger partial charge in [0.25, 0.3) is 5.91 Å². The molecule has 0 unspecified atom stereocenters. The quantitative estimate of drug-likeness (QED) is 0.135. The van der Waals surface area contributed by atoms with Crippen molar-refractivity contribution in [2.75, 3.05) is 19.5 Å². The minimum Gasteiger partial charge on any atom is -0.505 e. The van der Waals surface area contributed by atoms with Crippen LogP contribution in [0.15, 0.2) is 51.7 Å². The van der Waals surface area contributed by atoms with E-state index in [0.29, 0.717) is 0 Å². The number of halogens is 1. The average Bonchev–Trinajstić information content (AvgIpc) is 3.45. The van der Waals surface area contributed by atoms with Gasteiger partial charge in [-0.3, -0.25) is 4.79 Å². The molecule has 14 nitrogen and oxygen atoms in total. The Bertz CT molecular complexity index is 1870. The van der Waals surface area contributed by atoms with Crippen LogP contribution in [-0.2, 0) is 14.2 Å². The Morgan fingerprint density at radius 3 is 2.46 bits per heavy atom. The SMILES string of the molecule is COc1cc(C(=O)Nc2c(O)c3ccc(O[C@@H]4OC(C)(C)[C@H](OC)[C@@H](OC(=O)c5ccc(C)[nH]5)[C@H]4O)c(Cl)c3oc2=O)ccc1O. The zero-order valence-corrected chi connectivity index (χ0v) is 26.0. The predicted molar refractivity (Wildman–Crippen MR) is 163 cm³/mol. The summed E-state index contributed by atoms with van der Waals surface area (Å²) in [5, 5.41) is 33.9. The minimum atomic E-state index is -1.57. The number of esters is 1. The molecular weight excluding hydrogens is 628 g/mol. The summed E-state index contributed by atoms with van der Waals surface area (Å²) in [7, 11) is 2.69. The second-order valence-electron chi connectivity index (χ2n) is 11.0. The van der Waals surface area contributed by atoms with E-state index in [2.05, 4.69) is 10.3 Å². The number of rotatable bonds is 8. The summed E-state index contributed by atoms with van der Waals surface area (Å²) in [4.78, 5) is 41.4. The number of ether oxygens (including phenoxy) is 5. The van der Waals surface area contributed by atoms with Crippen LogP contribution < -0.4 is 20.4 Å². The topological polar surface area (TPSA) is 199 Å². The van der Waals surface area contributed by atoms with Crippen LogP contribution >= 0.6 is 11.6 Å². The zero-order valence-electron chi connectivity index (χ0n) is 25.2. The summed E-state index contributed by atoms with van der Waals surface area (Å²) < 4.78 is 33.5. The van der Waals surface area contributed by atoms with Gasteiger partial charge in [0.2, 0.25) is 6.29 Å². The Morgan fingerprint density at radius 2 is 1.80 bits per heavy atom. The van der Waals surface area contributed by atoms with Gasteiger partial charge >= 0.3 is 11.6 Å². The summed E-state index contributed by atoms with van der Waals surface area (Å²) in [6.45, 7) is 5.09. The van der Waals surface area contributed by atoms with Crippen molar-refractivity contribution in [2.24, 2.45) is 0 Å². The lowest BCUT2D eigenvalue weighted by Crippen LogP contribution is -2.65. The van der Waals surface area contributed by atoms with Crippen molar-refractivity contribution >= 4 is 40.1 Å². The number of aromatic hydroxyl groups is 2. The maximum atomic E-state index is 12.9. The Labute approximate surface area is 266 Å². The Kier molecular flexibility index (Phi) is 8.91. The van der Waals surface area contributed by atoms with Gasteiger partial charge in [0.15, 0.2) is 40.7 Å². The van der Waals surface area contributed by atoms with Gasteiger partial charge in [0.1, 0.15) is 22.6 Å². The van der Waals surface area contributed by atoms with E-state index in [0.717, 1.165) is 5.69 Å². The fraction of sp³-hybridized carbons (Fsp3) is 0.323. The third-order valence-corrected chi connectivity index (χ3v) is 7.80. The maximum Gasteiger partial charge on any atom is 0.364 e. The lowest BCUT2D eigenvalue weighted by molar-refractivity contribution is -0.305. The van der Waals surface area contributed by atoms with Crippen molar-refractivity contribution in [3.63, 3.8) is 0 Å². The van der Waals surface area contributed by atoms with Crippen LogP contribution in [0.4, 0.5) is 5.69 Å². The summed E-state index contributed by atoms with van der Waals surface area (Å²) >= 11 is 6.54. The average molecular weight is 659 g/mol. The number of aliphatic hydroxyl groups excluding tert-OH is 1. The van der Waals surface area contributed by atoms with Gasteiger partial charge in [-0.25, -0.2) is 9.59 Å². The second-order valence-corrected chi connectivity index (χ2v) is 11.4. The Morgan fingerprint density at radius 1 is 1.07 bits per heavy atom. The molecule has 5 N–H and O–H groups in total. The number of hydrogen-bond donors (Lipinski definition) is 5. The number of aromatic amines is 1. The van der Waals surface area contributed by atoms with E-state index >= 15 is 0 Å². The molecule has 1 saturated heterocycles. The van der Waals surface area contributed by atoms with Crippen molar-refractivity contribution < 1.29 is 53.0 Å². The maximum absolute atomic E-state index is 12.9. The first kappa shape index (κ1) is 32.6. The first-order chi connectivity index (χ1) is 21.7. The fourth-order valence-electron chi connectivity index (χ4n) is 5.15. The molecule has 4 aromatic rings. The van der Waals surface area contributed by atoms with Gasteiger partial charge in [-0.15, -0.1) is 0 Å². The van der Waals surface area contributed by atoms with E-state index < -0.39 is 59.1 Å². The van der Waals surface area contributed by atoms with Crippen LogP contribution in [-0.4, -0.2) is 76.6 Å². The molecule has 1 aliphatic rings. The number of carbonyl (C=O) groups is 2. The van der Waals surface area contributed by atoms with E-state index in [9.17, 15) is 29.7 Å². The number of aliphatic hydroxyl groups is 1. The molecule has 0 saturated carbocycles. The molecule has 15 heteroatoms. The molecule has 4 atom stereocenters. The van der Waals surface area contributed by atoms with Crippen molar-refractivity contribution in [1.29, 1.82) is 0 Å². The highest BCUT2D eigenvalue weighted by Gasteiger charge is 2.53. The van der Waals surface area contributed by atoms with E-state index in [1.165, 1.54) is 44.6 Å². The molecule has 1 aliphatic heterocycles.